The molecule has 35 heavy (non-hydrogen) atoms. The SMILES string of the molecule is COc1cc(C2C3=C(Nc4cc5c(cc42)OCO5)C(=O)c2ccccc2C3=O)cc(OC)c1OC. The maximum atomic E-state index is 13.9. The number of methoxy groups -OCH3 is 3. The van der Waals surface area contributed by atoms with E-state index in [1.807, 2.05) is 6.07 Å². The first-order valence-electron chi connectivity index (χ1n) is 11.0. The Hall–Kier alpha value is -4.46. The van der Waals surface area contributed by atoms with Crippen molar-refractivity contribution >= 4 is 17.3 Å². The van der Waals surface area contributed by atoms with Crippen molar-refractivity contribution in [3.05, 3.63) is 82.1 Å². The fourth-order valence-electron chi connectivity index (χ4n) is 5.00. The lowest BCUT2D eigenvalue weighted by molar-refractivity contribution is 0.0971. The molecule has 3 aliphatic rings. The maximum Gasteiger partial charge on any atom is 0.231 e. The largest absolute Gasteiger partial charge is 0.493 e. The molecule has 0 fully saturated rings. The van der Waals surface area contributed by atoms with Gasteiger partial charge < -0.3 is 29.0 Å². The molecule has 8 nitrogen and oxygen atoms in total. The first-order valence-corrected chi connectivity index (χ1v) is 11.0. The first kappa shape index (κ1) is 21.1. The van der Waals surface area contributed by atoms with Crippen LogP contribution in [0.5, 0.6) is 28.7 Å². The lowest BCUT2D eigenvalue weighted by Crippen LogP contribution is -2.32. The lowest BCUT2D eigenvalue weighted by atomic mass is 9.73. The number of allylic oxidation sites excluding steroid dienone is 2. The number of carbonyl (C=O) groups is 2. The van der Waals surface area contributed by atoms with Crippen LogP contribution in [0.4, 0.5) is 5.69 Å². The number of carbonyl (C=O) groups excluding carboxylic acids is 2. The number of fused-ring (bicyclic) bond motifs is 3. The number of hydrogen-bond donors (Lipinski definition) is 1. The van der Waals surface area contributed by atoms with Crippen LogP contribution in [-0.2, 0) is 0 Å². The van der Waals surface area contributed by atoms with E-state index in [0.717, 1.165) is 5.56 Å². The summed E-state index contributed by atoms with van der Waals surface area (Å²) in [7, 11) is 4.60. The van der Waals surface area contributed by atoms with Gasteiger partial charge in [-0.25, -0.2) is 0 Å². The molecule has 0 radical (unpaired) electrons. The van der Waals surface area contributed by atoms with Crippen molar-refractivity contribution < 1.29 is 33.3 Å². The molecular formula is C27H21NO7. The summed E-state index contributed by atoms with van der Waals surface area (Å²) in [6, 6.07) is 14.1. The van der Waals surface area contributed by atoms with Crippen LogP contribution in [0.3, 0.4) is 0 Å². The fraction of sp³-hybridized carbons (Fsp3) is 0.185. The number of ether oxygens (including phenoxy) is 5. The van der Waals surface area contributed by atoms with Gasteiger partial charge in [-0.05, 0) is 29.3 Å². The highest BCUT2D eigenvalue weighted by Crippen LogP contribution is 2.51. The molecule has 1 aliphatic carbocycles. The van der Waals surface area contributed by atoms with E-state index in [1.165, 1.54) is 21.3 Å². The molecule has 3 aromatic carbocycles. The molecular weight excluding hydrogens is 450 g/mol. The summed E-state index contributed by atoms with van der Waals surface area (Å²) in [5.74, 6) is 1.40. The van der Waals surface area contributed by atoms with Gasteiger partial charge >= 0.3 is 0 Å². The third-order valence-corrected chi connectivity index (χ3v) is 6.58. The highest BCUT2D eigenvalue weighted by atomic mass is 16.7. The van der Waals surface area contributed by atoms with Crippen LogP contribution in [-0.4, -0.2) is 39.7 Å². The van der Waals surface area contributed by atoms with Crippen LogP contribution in [0.15, 0.2) is 59.8 Å². The Bertz CT molecular complexity index is 1430. The molecule has 1 atom stereocenters. The quantitative estimate of drug-likeness (QED) is 0.601. The summed E-state index contributed by atoms with van der Waals surface area (Å²) in [5, 5.41) is 3.22. The third kappa shape index (κ3) is 2.99. The van der Waals surface area contributed by atoms with E-state index in [0.29, 0.717) is 56.7 Å². The van der Waals surface area contributed by atoms with E-state index in [-0.39, 0.29) is 24.1 Å². The number of anilines is 1. The Labute approximate surface area is 201 Å². The van der Waals surface area contributed by atoms with Gasteiger partial charge in [-0.3, -0.25) is 9.59 Å². The van der Waals surface area contributed by atoms with Gasteiger partial charge in [0.15, 0.2) is 28.8 Å². The second-order valence-electron chi connectivity index (χ2n) is 8.30. The minimum atomic E-state index is -0.603. The topological polar surface area (TPSA) is 92.3 Å². The van der Waals surface area contributed by atoms with Crippen molar-refractivity contribution in [3.63, 3.8) is 0 Å². The zero-order valence-corrected chi connectivity index (χ0v) is 19.3. The minimum absolute atomic E-state index is 0.101. The summed E-state index contributed by atoms with van der Waals surface area (Å²) in [6.45, 7) is 0.101. The van der Waals surface area contributed by atoms with E-state index in [1.54, 1.807) is 42.5 Å². The molecule has 0 bridgehead atoms. The van der Waals surface area contributed by atoms with E-state index in [9.17, 15) is 9.59 Å². The van der Waals surface area contributed by atoms with Crippen LogP contribution in [0.25, 0.3) is 0 Å². The van der Waals surface area contributed by atoms with E-state index in [4.69, 9.17) is 23.7 Å². The first-order chi connectivity index (χ1) is 17.0. The Morgan fingerprint density at radius 1 is 0.829 bits per heavy atom. The Morgan fingerprint density at radius 3 is 2.09 bits per heavy atom. The second-order valence-corrected chi connectivity index (χ2v) is 8.30. The molecule has 3 aromatic rings. The lowest BCUT2D eigenvalue weighted by Gasteiger charge is -2.34. The fourth-order valence-corrected chi connectivity index (χ4v) is 5.00. The number of Topliss-reactive ketones (excluding diaryl/α,β-unsaturated/α-hetero) is 2. The van der Waals surface area contributed by atoms with Gasteiger partial charge in [-0.15, -0.1) is 0 Å². The zero-order chi connectivity index (χ0) is 24.3. The molecule has 0 amide bonds. The Kier molecular flexibility index (Phi) is 4.70. The molecule has 0 saturated heterocycles. The normalized spacial score (nSPS) is 17.3. The van der Waals surface area contributed by atoms with E-state index < -0.39 is 5.92 Å². The summed E-state index contributed by atoms with van der Waals surface area (Å²) < 4.78 is 27.8. The minimum Gasteiger partial charge on any atom is -0.493 e. The van der Waals surface area contributed by atoms with Gasteiger partial charge in [0.1, 0.15) is 0 Å². The predicted molar refractivity (Wildman–Crippen MR) is 126 cm³/mol. The number of ketones is 2. The second kappa shape index (κ2) is 7.80. The molecule has 1 N–H and O–H groups in total. The summed E-state index contributed by atoms with van der Waals surface area (Å²) in [5.41, 5.74) is 3.48. The van der Waals surface area contributed by atoms with Crippen molar-refractivity contribution in [3.8, 4) is 28.7 Å². The average molecular weight is 471 g/mol. The maximum absolute atomic E-state index is 13.9. The molecule has 0 saturated carbocycles. The average Bonchev–Trinajstić information content (AvgIpc) is 3.35. The molecule has 6 rings (SSSR count). The van der Waals surface area contributed by atoms with Crippen molar-refractivity contribution in [1.29, 1.82) is 0 Å². The van der Waals surface area contributed by atoms with Gasteiger partial charge in [-0.2, -0.15) is 0 Å². The van der Waals surface area contributed by atoms with Gasteiger partial charge in [0.25, 0.3) is 0 Å². The van der Waals surface area contributed by atoms with Gasteiger partial charge in [0.2, 0.25) is 18.3 Å². The number of hydrogen-bond acceptors (Lipinski definition) is 8. The summed E-state index contributed by atoms with van der Waals surface area (Å²) in [4.78, 5) is 27.4. The molecule has 2 heterocycles. The van der Waals surface area contributed by atoms with Crippen molar-refractivity contribution in [1.82, 2.24) is 0 Å². The molecule has 1 unspecified atom stereocenters. The van der Waals surface area contributed by atoms with Crippen LogP contribution in [0, 0.1) is 0 Å². The van der Waals surface area contributed by atoms with Crippen molar-refractivity contribution in [2.75, 3.05) is 33.4 Å². The number of benzene rings is 3. The van der Waals surface area contributed by atoms with Crippen LogP contribution in [0.2, 0.25) is 0 Å². The summed E-state index contributed by atoms with van der Waals surface area (Å²) in [6.07, 6.45) is 0. The molecule has 8 heteroatoms. The Morgan fingerprint density at radius 2 is 1.46 bits per heavy atom. The molecule has 176 valence electrons. The Balaban J connectivity index is 1.64. The highest BCUT2D eigenvalue weighted by Gasteiger charge is 2.42. The van der Waals surface area contributed by atoms with Gasteiger partial charge in [0, 0.05) is 34.4 Å². The smallest absolute Gasteiger partial charge is 0.231 e. The number of rotatable bonds is 4. The van der Waals surface area contributed by atoms with Crippen molar-refractivity contribution in [2.45, 2.75) is 5.92 Å². The number of nitrogens with one attached hydrogen (secondary N) is 1. The van der Waals surface area contributed by atoms with Crippen molar-refractivity contribution in [2.24, 2.45) is 0 Å². The predicted octanol–water partition coefficient (Wildman–Crippen LogP) is 4.33. The monoisotopic (exact) mass is 471 g/mol. The third-order valence-electron chi connectivity index (χ3n) is 6.58. The zero-order valence-electron chi connectivity index (χ0n) is 19.3. The standard InChI is InChI=1S/C27H21NO7/c1-31-20-8-13(9-21(32-2)27(20)33-3)22-16-10-18-19(35-12-34-18)11-17(16)28-24-23(22)25(29)14-6-4-5-7-15(14)26(24)30/h4-11,22,28H,12H2,1-3H3. The van der Waals surface area contributed by atoms with E-state index >= 15 is 0 Å². The molecule has 2 aliphatic heterocycles. The molecule has 0 spiro atoms. The van der Waals surface area contributed by atoms with Crippen LogP contribution < -0.4 is 29.0 Å². The highest BCUT2D eigenvalue weighted by molar-refractivity contribution is 6.29. The van der Waals surface area contributed by atoms with E-state index in [2.05, 4.69) is 5.32 Å². The molecule has 0 aromatic heterocycles. The van der Waals surface area contributed by atoms with Crippen LogP contribution >= 0.6 is 0 Å². The van der Waals surface area contributed by atoms with Gasteiger partial charge in [-0.1, -0.05) is 24.3 Å². The van der Waals surface area contributed by atoms with Crippen LogP contribution in [0.1, 0.15) is 37.8 Å². The summed E-state index contributed by atoms with van der Waals surface area (Å²) >= 11 is 0. The van der Waals surface area contributed by atoms with Gasteiger partial charge in [0.05, 0.1) is 27.0 Å².